The van der Waals surface area contributed by atoms with Crippen LogP contribution >= 0.6 is 23.2 Å². The molecule has 40 heavy (non-hydrogen) atoms. The van der Waals surface area contributed by atoms with E-state index in [2.05, 4.69) is 29.4 Å². The largest absolute Gasteiger partial charge is 0.392 e. The van der Waals surface area contributed by atoms with Gasteiger partial charge in [-0.05, 0) is 39.9 Å². The number of rotatable bonds is 8. The molecule has 1 aliphatic rings. The van der Waals surface area contributed by atoms with Crippen LogP contribution < -0.4 is 5.32 Å². The minimum Gasteiger partial charge on any atom is -0.392 e. The molecule has 5 rings (SSSR count). The highest BCUT2D eigenvalue weighted by atomic mass is 35.5. The van der Waals surface area contributed by atoms with Crippen LogP contribution in [0, 0.1) is 5.92 Å². The summed E-state index contributed by atoms with van der Waals surface area (Å²) in [6, 6.07) is 24.0. The van der Waals surface area contributed by atoms with Crippen molar-refractivity contribution in [3.05, 3.63) is 112 Å². The molecule has 208 valence electrons. The van der Waals surface area contributed by atoms with Gasteiger partial charge in [-0.1, -0.05) is 90.8 Å². The molecule has 2 heterocycles. The Hall–Kier alpha value is -3.20. The summed E-state index contributed by atoms with van der Waals surface area (Å²) in [6.07, 6.45) is 0.460. The fraction of sp³-hybridized carbons (Fsp3) is 0.290. The van der Waals surface area contributed by atoms with E-state index in [1.165, 1.54) is 6.92 Å². The van der Waals surface area contributed by atoms with Gasteiger partial charge in [-0.3, -0.25) is 4.79 Å². The quantitative estimate of drug-likeness (QED) is 0.249. The molecule has 1 fully saturated rings. The summed E-state index contributed by atoms with van der Waals surface area (Å²) < 4.78 is 15.0. The molecule has 1 aromatic heterocycles. The zero-order chi connectivity index (χ0) is 28.2. The number of nitrogens with one attached hydrogen (secondary N) is 1. The van der Waals surface area contributed by atoms with Gasteiger partial charge in [0.2, 0.25) is 5.91 Å². The van der Waals surface area contributed by atoms with E-state index in [1.807, 2.05) is 60.7 Å². The first kappa shape index (κ1) is 28.3. The molecular weight excluding hydrogens is 549 g/mol. The highest BCUT2D eigenvalue weighted by Crippen LogP contribution is 2.43. The molecule has 0 bridgehead atoms. The monoisotopic (exact) mass is 579 g/mol. The minimum atomic E-state index is -0.635. The summed E-state index contributed by atoms with van der Waals surface area (Å²) in [7, 11) is 0. The predicted molar refractivity (Wildman–Crippen MR) is 155 cm³/mol. The Balaban J connectivity index is 1.45. The van der Waals surface area contributed by atoms with Crippen molar-refractivity contribution in [1.29, 1.82) is 0 Å². The molecule has 3 aromatic carbocycles. The van der Waals surface area contributed by atoms with E-state index >= 15 is 0 Å². The third-order valence-corrected chi connectivity index (χ3v) is 7.96. The average Bonchev–Trinajstić information content (AvgIpc) is 3.29. The number of amides is 1. The second kappa shape index (κ2) is 12.5. The van der Waals surface area contributed by atoms with Crippen LogP contribution in [0.2, 0.25) is 10.3 Å². The Morgan fingerprint density at radius 1 is 0.975 bits per heavy atom. The molecule has 9 heteroatoms. The van der Waals surface area contributed by atoms with E-state index in [0.29, 0.717) is 18.2 Å². The van der Waals surface area contributed by atoms with Crippen LogP contribution in [0.15, 0.2) is 79.1 Å². The number of halogens is 2. The molecule has 4 aromatic rings. The molecule has 1 amide bonds. The molecule has 0 aliphatic carbocycles. The maximum absolute atomic E-state index is 11.4. The topological polar surface area (TPSA) is 85.6 Å². The van der Waals surface area contributed by atoms with E-state index in [1.54, 1.807) is 10.9 Å². The second-order valence-electron chi connectivity index (χ2n) is 10.0. The smallest absolute Gasteiger partial charge is 0.217 e. The first-order valence-corrected chi connectivity index (χ1v) is 13.9. The lowest BCUT2D eigenvalue weighted by molar-refractivity contribution is -0.276. The molecule has 0 spiro atoms. The van der Waals surface area contributed by atoms with Crippen molar-refractivity contribution in [3.63, 3.8) is 0 Å². The second-order valence-corrected chi connectivity index (χ2v) is 10.8. The number of imidazole rings is 1. The fourth-order valence-corrected chi connectivity index (χ4v) is 5.26. The van der Waals surface area contributed by atoms with Gasteiger partial charge in [0.1, 0.15) is 5.15 Å². The van der Waals surface area contributed by atoms with E-state index in [0.717, 1.165) is 33.4 Å². The summed E-state index contributed by atoms with van der Waals surface area (Å²) >= 11 is 12.5. The number of nitrogens with zero attached hydrogens (tertiary/aromatic N) is 2. The Bertz CT molecular complexity index is 1470. The highest BCUT2D eigenvalue weighted by molar-refractivity contribution is 6.40. The van der Waals surface area contributed by atoms with Crippen LogP contribution in [-0.2, 0) is 34.0 Å². The van der Waals surface area contributed by atoms with Gasteiger partial charge in [-0.15, -0.1) is 0 Å². The average molecular weight is 581 g/mol. The molecule has 2 N–H and O–H groups in total. The molecule has 7 nitrogen and oxygen atoms in total. The van der Waals surface area contributed by atoms with Gasteiger partial charge in [-0.25, -0.2) is 4.98 Å². The van der Waals surface area contributed by atoms with E-state index < -0.39 is 6.29 Å². The summed E-state index contributed by atoms with van der Waals surface area (Å²) in [5.41, 5.74) is 5.77. The Labute approximate surface area is 243 Å². The molecule has 1 saturated heterocycles. The van der Waals surface area contributed by atoms with Crippen molar-refractivity contribution in [2.75, 3.05) is 0 Å². The van der Waals surface area contributed by atoms with Crippen LogP contribution in [0.25, 0.3) is 11.1 Å². The van der Waals surface area contributed by atoms with Gasteiger partial charge >= 0.3 is 0 Å². The van der Waals surface area contributed by atoms with E-state index in [4.69, 9.17) is 32.7 Å². The zero-order valence-electron chi connectivity index (χ0n) is 22.3. The van der Waals surface area contributed by atoms with Gasteiger partial charge in [-0.2, -0.15) is 0 Å². The SMILES string of the molecule is CC(=O)NCc1cccc(-c2cccc([C@H]3O[C@@H](Cn4cnc(Cl)c4Cl)[C@@H](C)[C@@H](c4ccc(CO)cc4)O3)c2)c1. The minimum absolute atomic E-state index is 0.0194. The Morgan fingerprint density at radius 2 is 1.70 bits per heavy atom. The van der Waals surface area contributed by atoms with Gasteiger partial charge in [0, 0.05) is 24.9 Å². The van der Waals surface area contributed by atoms with E-state index in [9.17, 15) is 9.90 Å². The maximum atomic E-state index is 11.4. The van der Waals surface area contributed by atoms with Crippen molar-refractivity contribution in [2.45, 2.75) is 52.0 Å². The van der Waals surface area contributed by atoms with Gasteiger partial charge < -0.3 is 24.5 Å². The number of aromatic nitrogens is 2. The third-order valence-electron chi connectivity index (χ3n) is 7.19. The van der Waals surface area contributed by atoms with Crippen LogP contribution in [0.5, 0.6) is 0 Å². The molecule has 0 radical (unpaired) electrons. The highest BCUT2D eigenvalue weighted by Gasteiger charge is 2.39. The number of carbonyl (C=O) groups excluding carboxylic acids is 1. The van der Waals surface area contributed by atoms with Crippen molar-refractivity contribution in [2.24, 2.45) is 5.92 Å². The lowest BCUT2D eigenvalue weighted by atomic mass is 9.90. The summed E-state index contributed by atoms with van der Waals surface area (Å²) in [5, 5.41) is 13.0. The van der Waals surface area contributed by atoms with Crippen LogP contribution in [0.1, 0.15) is 48.5 Å². The van der Waals surface area contributed by atoms with E-state index in [-0.39, 0.29) is 35.8 Å². The third kappa shape index (κ3) is 6.40. The standard InChI is InChI=1S/C31H31Cl2N3O4/c1-19-27(16-36-18-35-29(32)30(36)33)39-31(40-28(19)23-11-9-21(17-37)10-12-23)26-8-4-7-25(14-26)24-6-3-5-22(13-24)15-34-20(2)38/h3-14,18-19,27-28,31,37H,15-17H2,1-2H3,(H,34,38)/t19-,27+,28+,31+/m1/s1. The first-order chi connectivity index (χ1) is 19.3. The van der Waals surface area contributed by atoms with Crippen LogP contribution in [0.4, 0.5) is 0 Å². The van der Waals surface area contributed by atoms with Gasteiger partial charge in [0.15, 0.2) is 11.4 Å². The number of aliphatic hydroxyl groups is 1. The normalized spacial score (nSPS) is 20.8. The summed E-state index contributed by atoms with van der Waals surface area (Å²) in [6.45, 7) is 4.50. The number of aliphatic hydroxyl groups excluding tert-OH is 1. The lowest BCUT2D eigenvalue weighted by Gasteiger charge is -2.41. The molecule has 4 atom stereocenters. The molecule has 0 saturated carbocycles. The predicted octanol–water partition coefficient (Wildman–Crippen LogP) is 6.48. The maximum Gasteiger partial charge on any atom is 0.217 e. The number of ether oxygens (including phenoxy) is 2. The summed E-state index contributed by atoms with van der Waals surface area (Å²) in [4.78, 5) is 15.5. The molecular formula is C31H31Cl2N3O4. The fourth-order valence-electron chi connectivity index (χ4n) is 4.94. The van der Waals surface area contributed by atoms with Crippen molar-refractivity contribution in [3.8, 4) is 11.1 Å². The number of benzene rings is 3. The van der Waals surface area contributed by atoms with Crippen molar-refractivity contribution >= 4 is 29.1 Å². The van der Waals surface area contributed by atoms with Crippen molar-refractivity contribution in [1.82, 2.24) is 14.9 Å². The van der Waals surface area contributed by atoms with Gasteiger partial charge in [0.05, 0.1) is 31.7 Å². The lowest BCUT2D eigenvalue weighted by Crippen LogP contribution is -2.39. The van der Waals surface area contributed by atoms with Crippen LogP contribution in [-0.4, -0.2) is 26.7 Å². The van der Waals surface area contributed by atoms with Crippen molar-refractivity contribution < 1.29 is 19.4 Å². The van der Waals surface area contributed by atoms with Crippen LogP contribution in [0.3, 0.4) is 0 Å². The number of hydrogen-bond acceptors (Lipinski definition) is 5. The first-order valence-electron chi connectivity index (χ1n) is 13.1. The Morgan fingerprint density at radius 3 is 2.38 bits per heavy atom. The Kier molecular flexibility index (Phi) is 8.88. The number of carbonyl (C=O) groups is 1. The van der Waals surface area contributed by atoms with Gasteiger partial charge in [0.25, 0.3) is 0 Å². The summed E-state index contributed by atoms with van der Waals surface area (Å²) in [5.74, 6) is -0.0929. The molecule has 0 unspecified atom stereocenters. The number of hydrogen-bond donors (Lipinski definition) is 2. The zero-order valence-corrected chi connectivity index (χ0v) is 23.8. The molecule has 1 aliphatic heterocycles.